The lowest BCUT2D eigenvalue weighted by molar-refractivity contribution is 0.102. The molecule has 0 spiro atoms. The van der Waals surface area contributed by atoms with E-state index in [1.165, 1.54) is 0 Å². The van der Waals surface area contributed by atoms with E-state index in [4.69, 9.17) is 4.42 Å². The van der Waals surface area contributed by atoms with Gasteiger partial charge in [0.05, 0.1) is 5.56 Å². The van der Waals surface area contributed by atoms with Gasteiger partial charge in [-0.05, 0) is 37.6 Å². The minimum atomic E-state index is -0.902. The molecule has 1 atom stereocenters. The Morgan fingerprint density at radius 2 is 2.05 bits per heavy atom. The molecule has 0 saturated heterocycles. The quantitative estimate of drug-likeness (QED) is 0.942. The highest BCUT2D eigenvalue weighted by Crippen LogP contribution is 2.17. The van der Waals surface area contributed by atoms with Crippen molar-refractivity contribution in [3.63, 3.8) is 0 Å². The fraction of sp³-hybridized carbons (Fsp3) is 0.267. The van der Waals surface area contributed by atoms with Gasteiger partial charge in [-0.3, -0.25) is 9.00 Å². The molecule has 1 heterocycles. The summed E-state index contributed by atoms with van der Waals surface area (Å²) in [4.78, 5) is 12.2. The minimum Gasteiger partial charge on any atom is -0.466 e. The molecule has 1 amide bonds. The Labute approximate surface area is 120 Å². The van der Waals surface area contributed by atoms with E-state index in [1.54, 1.807) is 26.2 Å². The van der Waals surface area contributed by atoms with E-state index >= 15 is 0 Å². The average molecular weight is 291 g/mol. The number of amides is 1. The van der Waals surface area contributed by atoms with Gasteiger partial charge in [-0.25, -0.2) is 0 Å². The third-order valence-corrected chi connectivity index (χ3v) is 3.58. The summed E-state index contributed by atoms with van der Waals surface area (Å²) in [5.74, 6) is 1.59. The molecule has 0 saturated carbocycles. The van der Waals surface area contributed by atoms with Crippen LogP contribution in [0.5, 0.6) is 0 Å². The molecule has 0 bridgehead atoms. The van der Waals surface area contributed by atoms with Gasteiger partial charge in [0.15, 0.2) is 0 Å². The van der Waals surface area contributed by atoms with Crippen molar-refractivity contribution in [2.75, 3.05) is 11.6 Å². The summed E-state index contributed by atoms with van der Waals surface area (Å²) >= 11 is 0. The number of hydrogen-bond donors (Lipinski definition) is 1. The normalized spacial score (nSPS) is 12.2. The molecule has 1 unspecified atom stereocenters. The van der Waals surface area contributed by atoms with Gasteiger partial charge in [0.25, 0.3) is 5.91 Å². The maximum absolute atomic E-state index is 12.2. The summed E-state index contributed by atoms with van der Waals surface area (Å²) in [6.45, 7) is 3.57. The zero-order valence-electron chi connectivity index (χ0n) is 11.7. The van der Waals surface area contributed by atoms with Gasteiger partial charge in [-0.1, -0.05) is 12.1 Å². The number of furan rings is 1. The predicted octanol–water partition coefficient (Wildman–Crippen LogP) is 3.03. The van der Waals surface area contributed by atoms with E-state index in [0.717, 1.165) is 5.56 Å². The minimum absolute atomic E-state index is 0.200. The number of rotatable bonds is 4. The molecule has 2 aromatic rings. The molecule has 1 aromatic carbocycles. The van der Waals surface area contributed by atoms with Gasteiger partial charge >= 0.3 is 0 Å². The Balaban J connectivity index is 2.15. The fourth-order valence-corrected chi connectivity index (χ4v) is 2.68. The van der Waals surface area contributed by atoms with Crippen LogP contribution in [0.2, 0.25) is 0 Å². The van der Waals surface area contributed by atoms with Crippen molar-refractivity contribution in [3.8, 4) is 0 Å². The third-order valence-electron chi connectivity index (χ3n) is 2.84. The van der Waals surface area contributed by atoms with Crippen molar-refractivity contribution in [2.45, 2.75) is 19.6 Å². The second-order valence-electron chi connectivity index (χ2n) is 4.70. The molecule has 1 aromatic heterocycles. The van der Waals surface area contributed by atoms with Crippen LogP contribution in [0.4, 0.5) is 5.69 Å². The van der Waals surface area contributed by atoms with Crippen LogP contribution in [0.1, 0.15) is 27.4 Å². The Morgan fingerprint density at radius 1 is 1.30 bits per heavy atom. The lowest BCUT2D eigenvalue weighted by Gasteiger charge is -2.06. The molecule has 5 heteroatoms. The van der Waals surface area contributed by atoms with Crippen molar-refractivity contribution < 1.29 is 13.4 Å². The molecular weight excluding hydrogens is 274 g/mol. The van der Waals surface area contributed by atoms with Crippen LogP contribution >= 0.6 is 0 Å². The number of hydrogen-bond acceptors (Lipinski definition) is 3. The van der Waals surface area contributed by atoms with Crippen LogP contribution in [-0.4, -0.2) is 16.4 Å². The van der Waals surface area contributed by atoms with E-state index in [9.17, 15) is 9.00 Å². The first-order valence-electron chi connectivity index (χ1n) is 6.23. The van der Waals surface area contributed by atoms with Gasteiger partial charge < -0.3 is 9.73 Å². The highest BCUT2D eigenvalue weighted by atomic mass is 32.2. The first-order chi connectivity index (χ1) is 9.45. The van der Waals surface area contributed by atoms with Crippen molar-refractivity contribution in [1.29, 1.82) is 0 Å². The molecule has 2 rings (SSSR count). The molecule has 4 nitrogen and oxygen atoms in total. The Morgan fingerprint density at radius 3 is 2.65 bits per heavy atom. The summed E-state index contributed by atoms with van der Waals surface area (Å²) in [5.41, 5.74) is 2.16. The van der Waals surface area contributed by atoms with Crippen LogP contribution in [0.15, 0.2) is 34.7 Å². The molecule has 0 fully saturated rings. The molecule has 0 aliphatic rings. The zero-order valence-corrected chi connectivity index (χ0v) is 12.5. The summed E-state index contributed by atoms with van der Waals surface area (Å²) in [7, 11) is -0.902. The van der Waals surface area contributed by atoms with Crippen molar-refractivity contribution in [1.82, 2.24) is 0 Å². The summed E-state index contributed by atoms with van der Waals surface area (Å²) < 4.78 is 16.6. The number of benzene rings is 1. The number of carbonyl (C=O) groups is 1. The standard InChI is InChI=1S/C15H17NO3S/c1-10-7-14(11(2)19-10)15(17)16-13-6-4-5-12(8-13)9-20(3)18/h4-8H,9H2,1-3H3,(H,16,17). The summed E-state index contributed by atoms with van der Waals surface area (Å²) in [6, 6.07) is 9.09. The predicted molar refractivity (Wildman–Crippen MR) is 80.3 cm³/mol. The summed E-state index contributed by atoms with van der Waals surface area (Å²) in [5, 5.41) is 2.83. The Hall–Kier alpha value is -1.88. The fourth-order valence-electron chi connectivity index (χ4n) is 2.03. The highest BCUT2D eigenvalue weighted by molar-refractivity contribution is 7.83. The van der Waals surface area contributed by atoms with Gasteiger partial charge in [0.1, 0.15) is 11.5 Å². The number of anilines is 1. The molecule has 0 radical (unpaired) electrons. The lowest BCUT2D eigenvalue weighted by atomic mass is 10.2. The average Bonchev–Trinajstić information content (AvgIpc) is 2.68. The van der Waals surface area contributed by atoms with Crippen LogP contribution in [0.3, 0.4) is 0 Å². The first kappa shape index (κ1) is 14.5. The van der Waals surface area contributed by atoms with Crippen LogP contribution in [-0.2, 0) is 16.6 Å². The van der Waals surface area contributed by atoms with E-state index in [1.807, 2.05) is 24.3 Å². The second kappa shape index (κ2) is 6.05. The van der Waals surface area contributed by atoms with Crippen LogP contribution in [0.25, 0.3) is 0 Å². The van der Waals surface area contributed by atoms with E-state index in [-0.39, 0.29) is 5.91 Å². The van der Waals surface area contributed by atoms with Crippen LogP contribution in [0, 0.1) is 13.8 Å². The smallest absolute Gasteiger partial charge is 0.259 e. The maximum atomic E-state index is 12.2. The van der Waals surface area contributed by atoms with E-state index < -0.39 is 10.8 Å². The molecule has 106 valence electrons. The third kappa shape index (κ3) is 3.57. The zero-order chi connectivity index (χ0) is 14.7. The molecule has 1 N–H and O–H groups in total. The van der Waals surface area contributed by atoms with Gasteiger partial charge in [0, 0.05) is 28.5 Å². The molecular formula is C15H17NO3S. The molecule has 0 aliphatic heterocycles. The number of carbonyl (C=O) groups excluding carboxylic acids is 1. The SMILES string of the molecule is Cc1cc(C(=O)Nc2cccc(CS(C)=O)c2)c(C)o1. The molecule has 20 heavy (non-hydrogen) atoms. The van der Waals surface area contributed by atoms with Crippen molar-refractivity contribution in [2.24, 2.45) is 0 Å². The monoisotopic (exact) mass is 291 g/mol. The Kier molecular flexibility index (Phi) is 4.39. The highest BCUT2D eigenvalue weighted by Gasteiger charge is 2.13. The largest absolute Gasteiger partial charge is 0.466 e. The lowest BCUT2D eigenvalue weighted by Crippen LogP contribution is -2.12. The van der Waals surface area contributed by atoms with E-state index in [0.29, 0.717) is 28.5 Å². The van der Waals surface area contributed by atoms with E-state index in [2.05, 4.69) is 5.32 Å². The molecule has 0 aliphatic carbocycles. The topological polar surface area (TPSA) is 59.3 Å². The first-order valence-corrected chi connectivity index (χ1v) is 7.96. The van der Waals surface area contributed by atoms with Gasteiger partial charge in [-0.15, -0.1) is 0 Å². The second-order valence-corrected chi connectivity index (χ2v) is 6.13. The van der Waals surface area contributed by atoms with Crippen molar-refractivity contribution >= 4 is 22.4 Å². The summed E-state index contributed by atoms with van der Waals surface area (Å²) in [6.07, 6.45) is 1.66. The number of aryl methyl sites for hydroxylation is 2. The van der Waals surface area contributed by atoms with Crippen molar-refractivity contribution in [3.05, 3.63) is 53.0 Å². The van der Waals surface area contributed by atoms with Crippen LogP contribution < -0.4 is 5.32 Å². The Bertz CT molecular complexity index is 661. The maximum Gasteiger partial charge on any atom is 0.259 e. The van der Waals surface area contributed by atoms with Gasteiger partial charge in [-0.2, -0.15) is 0 Å². The van der Waals surface area contributed by atoms with Gasteiger partial charge in [0.2, 0.25) is 0 Å². The number of nitrogens with one attached hydrogen (secondary N) is 1.